The second-order valence-electron chi connectivity index (χ2n) is 9.38. The van der Waals surface area contributed by atoms with Gasteiger partial charge in [-0.25, -0.2) is 0 Å². The highest BCUT2D eigenvalue weighted by atomic mass is 16.5. The molecule has 2 heteroatoms. The summed E-state index contributed by atoms with van der Waals surface area (Å²) >= 11 is 0. The van der Waals surface area contributed by atoms with Crippen LogP contribution in [-0.4, -0.2) is 24.4 Å². The number of hydrogen-bond acceptors (Lipinski definition) is 2. The molecule has 106 valence electrons. The van der Waals surface area contributed by atoms with E-state index in [1.165, 1.54) is 25.7 Å². The monoisotopic (exact) mass is 270 g/mol. The molecule has 14 atom stereocenters. The van der Waals surface area contributed by atoms with Gasteiger partial charge in [0, 0.05) is 0 Å². The Bertz CT molecular complexity index is 494. The fourth-order valence-corrected chi connectivity index (χ4v) is 10.0. The van der Waals surface area contributed by atoms with E-state index >= 15 is 0 Å². The maximum Gasteiger partial charge on any atom is 0.0647 e. The first kappa shape index (κ1) is 9.84. The summed E-state index contributed by atoms with van der Waals surface area (Å²) in [5.41, 5.74) is 0. The Balaban J connectivity index is 1.43. The number of ether oxygens (including phenoxy) is 2. The van der Waals surface area contributed by atoms with Crippen molar-refractivity contribution in [3.8, 4) is 0 Å². The normalized spacial score (nSPS) is 82.8. The first-order valence-electron chi connectivity index (χ1n) is 9.24. The molecule has 2 saturated heterocycles. The Morgan fingerprint density at radius 3 is 1.45 bits per heavy atom. The second-order valence-corrected chi connectivity index (χ2v) is 9.38. The fraction of sp³-hybridized carbons (Fsp3) is 1.00. The molecule has 0 bridgehead atoms. The average Bonchev–Trinajstić information content (AvgIpc) is 3.17. The van der Waals surface area contributed by atoms with Crippen LogP contribution in [-0.2, 0) is 9.47 Å². The van der Waals surface area contributed by atoms with Crippen LogP contribution in [0.15, 0.2) is 0 Å². The van der Waals surface area contributed by atoms with E-state index in [1.807, 2.05) is 0 Å². The zero-order valence-corrected chi connectivity index (χ0v) is 11.7. The lowest BCUT2D eigenvalue weighted by Crippen LogP contribution is -2.28. The summed E-state index contributed by atoms with van der Waals surface area (Å²) in [6.07, 6.45) is 8.39. The third-order valence-electron chi connectivity index (χ3n) is 9.70. The predicted octanol–water partition coefficient (Wildman–Crippen LogP) is 2.33. The van der Waals surface area contributed by atoms with Crippen LogP contribution in [0.1, 0.15) is 25.7 Å². The lowest BCUT2D eigenvalue weighted by molar-refractivity contribution is -0.0316. The summed E-state index contributed by atoms with van der Waals surface area (Å²) in [7, 11) is 0. The molecular weight excluding hydrogens is 248 g/mol. The highest BCUT2D eigenvalue weighted by molar-refractivity contribution is 5.29. The zero-order valence-electron chi connectivity index (χ0n) is 11.7. The molecule has 2 nitrogen and oxygen atoms in total. The van der Waals surface area contributed by atoms with Crippen molar-refractivity contribution >= 4 is 0 Å². The van der Waals surface area contributed by atoms with Crippen molar-refractivity contribution < 1.29 is 9.47 Å². The van der Waals surface area contributed by atoms with E-state index in [1.54, 1.807) is 0 Å². The highest BCUT2D eigenvalue weighted by Gasteiger charge is 2.82. The van der Waals surface area contributed by atoms with Crippen molar-refractivity contribution in [1.82, 2.24) is 0 Å². The molecule has 0 N–H and O–H groups in total. The maximum atomic E-state index is 6.71. The van der Waals surface area contributed by atoms with E-state index in [-0.39, 0.29) is 0 Å². The SMILES string of the molecule is C1C[C@@H]2O[C@H]3[C@H]4[C@H]5[C@H]6[C@@H]7[C@H](O[C@@H]8CC[C@@H]([C@H]36)[C@@H]78)[C@@H]5[C@H]1[C@H]42. The molecule has 6 saturated carbocycles. The van der Waals surface area contributed by atoms with Gasteiger partial charge in [0.1, 0.15) is 0 Å². The Hall–Kier alpha value is -0.0800. The minimum Gasteiger partial charge on any atom is -0.374 e. The summed E-state index contributed by atoms with van der Waals surface area (Å²) in [6, 6.07) is 0. The summed E-state index contributed by atoms with van der Waals surface area (Å²) in [5, 5.41) is 0. The van der Waals surface area contributed by atoms with Gasteiger partial charge in [-0.2, -0.15) is 0 Å². The minimum atomic E-state index is 0.663. The fourth-order valence-electron chi connectivity index (χ4n) is 10.0. The van der Waals surface area contributed by atoms with Crippen molar-refractivity contribution in [2.45, 2.75) is 50.1 Å². The molecule has 0 aromatic carbocycles. The number of hydrogen-bond donors (Lipinski definition) is 0. The van der Waals surface area contributed by atoms with Gasteiger partial charge in [0.05, 0.1) is 24.4 Å². The Morgan fingerprint density at radius 2 is 0.950 bits per heavy atom. The third kappa shape index (κ3) is 0.695. The van der Waals surface area contributed by atoms with Crippen LogP contribution in [0.3, 0.4) is 0 Å². The summed E-state index contributed by atoms with van der Waals surface area (Å²) < 4.78 is 13.4. The van der Waals surface area contributed by atoms with Crippen molar-refractivity contribution in [3.63, 3.8) is 0 Å². The molecule has 0 amide bonds. The van der Waals surface area contributed by atoms with E-state index < -0.39 is 0 Å². The van der Waals surface area contributed by atoms with Crippen molar-refractivity contribution in [2.75, 3.05) is 0 Å². The van der Waals surface area contributed by atoms with E-state index in [0.29, 0.717) is 24.4 Å². The van der Waals surface area contributed by atoms with Gasteiger partial charge in [0.15, 0.2) is 0 Å². The highest BCUT2D eigenvalue weighted by Crippen LogP contribution is 2.81. The molecule has 2 heterocycles. The predicted molar refractivity (Wildman–Crippen MR) is 70.7 cm³/mol. The van der Waals surface area contributed by atoms with Crippen molar-refractivity contribution in [3.05, 3.63) is 0 Å². The number of rotatable bonds is 0. The van der Waals surface area contributed by atoms with Crippen LogP contribution in [0, 0.1) is 59.2 Å². The zero-order chi connectivity index (χ0) is 12.3. The molecule has 0 unspecified atom stereocenters. The van der Waals surface area contributed by atoms with Crippen LogP contribution < -0.4 is 0 Å². The molecule has 8 fully saturated rings. The van der Waals surface area contributed by atoms with Gasteiger partial charge in [-0.3, -0.25) is 0 Å². The number of fused-ring (bicyclic) bond motifs is 4. The van der Waals surface area contributed by atoms with Gasteiger partial charge in [-0.1, -0.05) is 0 Å². The van der Waals surface area contributed by atoms with Crippen LogP contribution in [0.5, 0.6) is 0 Å². The first-order chi connectivity index (χ1) is 9.93. The lowest BCUT2D eigenvalue weighted by atomic mass is 9.79. The van der Waals surface area contributed by atoms with Crippen LogP contribution in [0.2, 0.25) is 0 Å². The molecule has 2 aliphatic heterocycles. The molecule has 6 aliphatic carbocycles. The van der Waals surface area contributed by atoms with Crippen LogP contribution >= 0.6 is 0 Å². The second kappa shape index (κ2) is 2.65. The summed E-state index contributed by atoms with van der Waals surface area (Å²) in [4.78, 5) is 0. The van der Waals surface area contributed by atoms with Crippen LogP contribution in [0.25, 0.3) is 0 Å². The summed E-state index contributed by atoms with van der Waals surface area (Å²) in [5.74, 6) is 9.86. The Morgan fingerprint density at radius 1 is 0.450 bits per heavy atom. The quantitative estimate of drug-likeness (QED) is 0.672. The molecular formula is C18H22O2. The maximum absolute atomic E-state index is 6.71. The van der Waals surface area contributed by atoms with Gasteiger partial charge in [-0.05, 0) is 84.9 Å². The van der Waals surface area contributed by atoms with E-state index in [9.17, 15) is 0 Å². The molecule has 20 heavy (non-hydrogen) atoms. The molecule has 0 aromatic heterocycles. The molecule has 0 radical (unpaired) electrons. The average molecular weight is 270 g/mol. The summed E-state index contributed by atoms with van der Waals surface area (Å²) in [6.45, 7) is 0. The van der Waals surface area contributed by atoms with Gasteiger partial charge < -0.3 is 9.47 Å². The van der Waals surface area contributed by atoms with E-state index in [2.05, 4.69) is 0 Å². The van der Waals surface area contributed by atoms with Crippen LogP contribution in [0.4, 0.5) is 0 Å². The van der Waals surface area contributed by atoms with Gasteiger partial charge in [-0.15, -0.1) is 0 Å². The Kier molecular flexibility index (Phi) is 1.30. The van der Waals surface area contributed by atoms with Gasteiger partial charge >= 0.3 is 0 Å². The standard InChI is InChI=1S/C18H22O2/c1-3-7-9-5(1)11-13-14-12(18(19-7)15(9)13)6-2-4-8-10(6)16(14)17(11)20-8/h5-18H,1-4H2/t5-,6-,7-,8+,9-,10+,11+,12-,13+,14-,15-,16-,17-,18-/m1/s1. The van der Waals surface area contributed by atoms with Gasteiger partial charge in [0.25, 0.3) is 0 Å². The smallest absolute Gasteiger partial charge is 0.0647 e. The molecule has 8 rings (SSSR count). The topological polar surface area (TPSA) is 18.5 Å². The largest absolute Gasteiger partial charge is 0.374 e. The van der Waals surface area contributed by atoms with Gasteiger partial charge in [0.2, 0.25) is 0 Å². The molecule has 0 aromatic rings. The van der Waals surface area contributed by atoms with Crippen molar-refractivity contribution in [1.29, 1.82) is 0 Å². The van der Waals surface area contributed by atoms with E-state index in [4.69, 9.17) is 9.47 Å². The van der Waals surface area contributed by atoms with Crippen molar-refractivity contribution in [2.24, 2.45) is 59.2 Å². The minimum absolute atomic E-state index is 0.663. The Labute approximate surface area is 119 Å². The van der Waals surface area contributed by atoms with E-state index in [0.717, 1.165) is 59.2 Å². The third-order valence-corrected chi connectivity index (χ3v) is 9.70. The molecule has 0 spiro atoms. The first-order valence-corrected chi connectivity index (χ1v) is 9.24. The molecule has 8 aliphatic rings. The lowest BCUT2D eigenvalue weighted by Gasteiger charge is -2.25.